The summed E-state index contributed by atoms with van der Waals surface area (Å²) in [6.45, 7) is 11.8. The van der Waals surface area contributed by atoms with E-state index in [0.717, 1.165) is 106 Å². The van der Waals surface area contributed by atoms with Gasteiger partial charge in [0.2, 0.25) is 0 Å². The molecule has 0 fully saturated rings. The van der Waals surface area contributed by atoms with Gasteiger partial charge in [0.25, 0.3) is 0 Å². The number of benzene rings is 3. The summed E-state index contributed by atoms with van der Waals surface area (Å²) >= 11 is 7.26. The Balaban J connectivity index is 1.17. The maximum absolute atomic E-state index is 6.84. The minimum atomic E-state index is 0.643. The molecule has 0 spiro atoms. The van der Waals surface area contributed by atoms with Crippen molar-refractivity contribution in [1.82, 2.24) is 9.97 Å². The molecule has 0 unspecified atom stereocenters. The SMILES string of the molecule is CCCCCCCCCCOc1ccc(-c2nc3c(-c4cc5sccc5s4)ccc(-c4cc5sccc5s4)c3nc2-c2ccc(OCCCCCCCCCC)c(OCCCCCCCCCC)c2)cc1OCCCCCCCCCC. The van der Waals surface area contributed by atoms with Gasteiger partial charge in [-0.15, -0.1) is 45.3 Å². The largest absolute Gasteiger partial charge is 0.490 e. The van der Waals surface area contributed by atoms with Crippen molar-refractivity contribution >= 4 is 75.2 Å². The minimum Gasteiger partial charge on any atom is -0.490 e. The average Bonchev–Trinajstić information content (AvgIpc) is 4.46. The number of ether oxygens (including phenoxy) is 4. The zero-order valence-corrected chi connectivity index (χ0v) is 54.0. The van der Waals surface area contributed by atoms with Crippen LogP contribution in [-0.4, -0.2) is 36.4 Å². The van der Waals surface area contributed by atoms with Crippen molar-refractivity contribution in [1.29, 1.82) is 0 Å². The highest BCUT2D eigenvalue weighted by Crippen LogP contribution is 2.47. The molecule has 0 bridgehead atoms. The van der Waals surface area contributed by atoms with Crippen LogP contribution in [-0.2, 0) is 0 Å². The number of hydrogen-bond donors (Lipinski definition) is 0. The number of fused-ring (bicyclic) bond motifs is 3. The van der Waals surface area contributed by atoms with E-state index in [-0.39, 0.29) is 0 Å². The predicted molar refractivity (Wildman–Crippen MR) is 360 cm³/mol. The van der Waals surface area contributed by atoms with Gasteiger partial charge in [-0.05, 0) is 97.1 Å². The third-order valence-corrected chi connectivity index (χ3v) is 20.3. The highest BCUT2D eigenvalue weighted by Gasteiger charge is 2.23. The first-order valence-corrected chi connectivity index (χ1v) is 36.1. The van der Waals surface area contributed by atoms with Gasteiger partial charge in [0.05, 0.1) is 48.8 Å². The van der Waals surface area contributed by atoms with Gasteiger partial charge in [-0.25, -0.2) is 9.97 Å². The van der Waals surface area contributed by atoms with Crippen LogP contribution in [0.2, 0.25) is 0 Å². The number of unbranched alkanes of at least 4 members (excludes halogenated alkanes) is 28. The van der Waals surface area contributed by atoms with Crippen molar-refractivity contribution in [2.24, 2.45) is 0 Å². The first kappa shape index (κ1) is 63.5. The summed E-state index contributed by atoms with van der Waals surface area (Å²) in [6.07, 6.45) is 40.1. The summed E-state index contributed by atoms with van der Waals surface area (Å²) in [5.41, 5.74) is 7.51. The van der Waals surface area contributed by atoms with Gasteiger partial charge in [-0.1, -0.05) is 220 Å². The van der Waals surface area contributed by atoms with Crippen molar-refractivity contribution in [3.63, 3.8) is 0 Å². The van der Waals surface area contributed by atoms with Crippen LogP contribution >= 0.6 is 45.3 Å². The maximum atomic E-state index is 6.84. The van der Waals surface area contributed by atoms with E-state index in [2.05, 4.69) is 111 Å². The van der Waals surface area contributed by atoms with Crippen LogP contribution in [0.25, 0.3) is 73.2 Å². The normalized spacial score (nSPS) is 11.7. The van der Waals surface area contributed by atoms with Crippen LogP contribution in [0.1, 0.15) is 233 Å². The summed E-state index contributed by atoms with van der Waals surface area (Å²) in [5.74, 6) is 3.15. The standard InChI is InChI=1S/C72H98N2O4S4/c1-5-9-13-17-21-25-29-33-45-75-59-41-37-55(51-61(59)77-47-35-31-27-23-19-15-11-7-3)69-70(56-38-42-60(76-46-34-30-26-22-18-14-10-6-2)62(52-56)78-48-36-32-28-24-20-16-12-8-4)74-72-58(66-54-68-64(82-66)44-50-80-68)40-39-57(71(72)73-69)65-53-67-63(81-65)43-49-79-67/h37-44,49-54H,5-36,45-48H2,1-4H3. The van der Waals surface area contributed by atoms with E-state index in [1.54, 1.807) is 22.7 Å². The second kappa shape index (κ2) is 36.4. The molecule has 5 aromatic heterocycles. The lowest BCUT2D eigenvalue weighted by Gasteiger charge is -2.18. The van der Waals surface area contributed by atoms with Gasteiger partial charge in [0.15, 0.2) is 23.0 Å². The molecule has 0 radical (unpaired) electrons. The number of aromatic nitrogens is 2. The Morgan fingerprint density at radius 1 is 0.305 bits per heavy atom. The topological polar surface area (TPSA) is 62.7 Å². The van der Waals surface area contributed by atoms with E-state index in [1.807, 2.05) is 22.7 Å². The first-order chi connectivity index (χ1) is 40.6. The molecule has 8 aromatic rings. The molecular weight excluding hydrogens is 1090 g/mol. The lowest BCUT2D eigenvalue weighted by atomic mass is 10.00. The number of nitrogens with zero attached hydrogens (tertiary/aromatic N) is 2. The fourth-order valence-electron chi connectivity index (χ4n) is 11.2. The monoisotopic (exact) mass is 1180 g/mol. The summed E-state index contributed by atoms with van der Waals surface area (Å²) in [5, 5.41) is 4.38. The molecule has 0 saturated carbocycles. The van der Waals surface area contributed by atoms with Gasteiger partial charge in [0, 0.05) is 50.8 Å². The van der Waals surface area contributed by atoms with Crippen LogP contribution < -0.4 is 18.9 Å². The lowest BCUT2D eigenvalue weighted by molar-refractivity contribution is 0.258. The van der Waals surface area contributed by atoms with Gasteiger partial charge >= 0.3 is 0 Å². The van der Waals surface area contributed by atoms with E-state index < -0.39 is 0 Å². The molecule has 3 aromatic carbocycles. The Kier molecular flexibility index (Phi) is 28.2. The Morgan fingerprint density at radius 2 is 0.610 bits per heavy atom. The molecule has 8 rings (SSSR count). The zero-order chi connectivity index (χ0) is 56.8. The van der Waals surface area contributed by atoms with Crippen molar-refractivity contribution in [2.75, 3.05) is 26.4 Å². The van der Waals surface area contributed by atoms with Crippen LogP contribution in [0, 0.1) is 0 Å². The van der Waals surface area contributed by atoms with Crippen LogP contribution in [0.5, 0.6) is 23.0 Å². The molecule has 6 nitrogen and oxygen atoms in total. The molecule has 0 N–H and O–H groups in total. The molecule has 82 heavy (non-hydrogen) atoms. The van der Waals surface area contributed by atoms with E-state index >= 15 is 0 Å². The first-order valence-electron chi connectivity index (χ1n) is 32.7. The fourth-order valence-corrected chi connectivity index (χ4v) is 15.4. The summed E-state index contributed by atoms with van der Waals surface area (Å²) < 4.78 is 32.2. The third-order valence-electron chi connectivity index (χ3n) is 16.1. The Morgan fingerprint density at radius 3 is 0.927 bits per heavy atom. The lowest BCUT2D eigenvalue weighted by Crippen LogP contribution is -2.05. The number of hydrogen-bond acceptors (Lipinski definition) is 10. The quantitative estimate of drug-likeness (QED) is 0.0355. The Labute approximate surface area is 510 Å². The molecule has 0 saturated heterocycles. The molecule has 0 aliphatic rings. The summed E-state index contributed by atoms with van der Waals surface area (Å²) in [6, 6.07) is 26.7. The fraction of sp³-hybridized carbons (Fsp3) is 0.556. The number of thiophene rings is 4. The smallest absolute Gasteiger partial charge is 0.161 e. The highest BCUT2D eigenvalue weighted by molar-refractivity contribution is 7.29. The molecular formula is C72H98N2O4S4. The molecule has 0 aliphatic heterocycles. The van der Waals surface area contributed by atoms with E-state index in [4.69, 9.17) is 28.9 Å². The van der Waals surface area contributed by atoms with Gasteiger partial charge in [-0.3, -0.25) is 0 Å². The average molecular weight is 1180 g/mol. The van der Waals surface area contributed by atoms with Crippen molar-refractivity contribution in [3.05, 3.63) is 83.6 Å². The molecule has 0 atom stereocenters. The van der Waals surface area contributed by atoms with Crippen molar-refractivity contribution in [3.8, 4) is 66.4 Å². The Hall–Kier alpha value is -4.48. The van der Waals surface area contributed by atoms with E-state index in [0.29, 0.717) is 26.4 Å². The van der Waals surface area contributed by atoms with Gasteiger partial charge in [0.1, 0.15) is 0 Å². The molecule has 444 valence electrons. The summed E-state index contributed by atoms with van der Waals surface area (Å²) in [4.78, 5) is 14.2. The van der Waals surface area contributed by atoms with E-state index in [1.165, 1.54) is 195 Å². The second-order valence-corrected chi connectivity index (χ2v) is 27.0. The highest BCUT2D eigenvalue weighted by atomic mass is 32.1. The van der Waals surface area contributed by atoms with Crippen molar-refractivity contribution in [2.45, 2.75) is 233 Å². The van der Waals surface area contributed by atoms with Crippen LogP contribution in [0.3, 0.4) is 0 Å². The van der Waals surface area contributed by atoms with E-state index in [9.17, 15) is 0 Å². The maximum Gasteiger partial charge on any atom is 0.161 e. The van der Waals surface area contributed by atoms with Crippen LogP contribution in [0.4, 0.5) is 0 Å². The minimum absolute atomic E-state index is 0.643. The summed E-state index contributed by atoms with van der Waals surface area (Å²) in [7, 11) is 0. The molecule has 5 heterocycles. The molecule has 10 heteroatoms. The van der Waals surface area contributed by atoms with Crippen LogP contribution in [0.15, 0.2) is 83.6 Å². The Bertz CT molecular complexity index is 2800. The van der Waals surface area contributed by atoms with Gasteiger partial charge < -0.3 is 18.9 Å². The number of rotatable bonds is 44. The molecule has 0 amide bonds. The second-order valence-electron chi connectivity index (χ2n) is 22.9. The van der Waals surface area contributed by atoms with Gasteiger partial charge in [-0.2, -0.15) is 0 Å². The zero-order valence-electron chi connectivity index (χ0n) is 50.7. The third kappa shape index (κ3) is 19.5. The van der Waals surface area contributed by atoms with Crippen molar-refractivity contribution < 1.29 is 18.9 Å². The predicted octanol–water partition coefficient (Wildman–Crippen LogP) is 24.9. The molecule has 0 aliphatic carbocycles.